The number of amides is 3. The SMILES string of the molecule is COc1ccc([C@@H](NC(=O)N2CCC(O)C2)C(=O)Nc2ccc([Si](C)(C)C)cc2)cc1. The molecule has 2 atom stereocenters. The third-order valence-corrected chi connectivity index (χ3v) is 7.51. The highest BCUT2D eigenvalue weighted by Gasteiger charge is 2.29. The number of aliphatic hydroxyl groups excluding tert-OH is 1. The number of anilines is 1. The third kappa shape index (κ3) is 5.86. The second-order valence-corrected chi connectivity index (χ2v) is 13.9. The first-order valence-corrected chi connectivity index (χ1v) is 14.0. The number of methoxy groups -OCH3 is 1. The quantitative estimate of drug-likeness (QED) is 0.601. The van der Waals surface area contributed by atoms with Crippen LogP contribution in [0.3, 0.4) is 0 Å². The van der Waals surface area contributed by atoms with Crippen molar-refractivity contribution in [1.82, 2.24) is 10.2 Å². The molecule has 1 fully saturated rings. The van der Waals surface area contributed by atoms with E-state index >= 15 is 0 Å². The second-order valence-electron chi connectivity index (χ2n) is 8.86. The summed E-state index contributed by atoms with van der Waals surface area (Å²) in [6.07, 6.45) is 0.0138. The van der Waals surface area contributed by atoms with E-state index in [2.05, 4.69) is 42.4 Å². The minimum atomic E-state index is -1.43. The van der Waals surface area contributed by atoms with E-state index in [-0.39, 0.29) is 18.5 Å². The van der Waals surface area contributed by atoms with Crippen LogP contribution in [-0.4, -0.2) is 56.3 Å². The maximum Gasteiger partial charge on any atom is 0.318 e. The van der Waals surface area contributed by atoms with Crippen molar-refractivity contribution in [1.29, 1.82) is 0 Å². The van der Waals surface area contributed by atoms with Crippen LogP contribution in [0.4, 0.5) is 10.5 Å². The van der Waals surface area contributed by atoms with Crippen LogP contribution in [0.5, 0.6) is 5.75 Å². The Morgan fingerprint density at radius 1 is 1.10 bits per heavy atom. The fourth-order valence-corrected chi connectivity index (χ4v) is 4.67. The van der Waals surface area contributed by atoms with Gasteiger partial charge < -0.3 is 25.4 Å². The summed E-state index contributed by atoms with van der Waals surface area (Å²) in [5, 5.41) is 16.8. The standard InChI is InChI=1S/C23H31N3O4Si/c1-30-19-9-5-16(6-10-19)21(25-23(29)26-14-13-18(27)15-26)22(28)24-17-7-11-20(12-8-17)31(2,3)4/h5-12,18,21,27H,13-15H2,1-4H3,(H,24,28)(H,25,29)/t18?,21-/m1/s1. The Morgan fingerprint density at radius 3 is 2.26 bits per heavy atom. The van der Waals surface area contributed by atoms with Gasteiger partial charge in [0.05, 0.1) is 21.3 Å². The van der Waals surface area contributed by atoms with E-state index in [4.69, 9.17) is 4.74 Å². The largest absolute Gasteiger partial charge is 0.497 e. The number of nitrogens with one attached hydrogen (secondary N) is 2. The molecule has 0 aromatic heterocycles. The zero-order chi connectivity index (χ0) is 22.6. The van der Waals surface area contributed by atoms with Crippen LogP contribution in [0.1, 0.15) is 18.0 Å². The van der Waals surface area contributed by atoms with Crippen molar-refractivity contribution in [3.8, 4) is 5.75 Å². The summed E-state index contributed by atoms with van der Waals surface area (Å²) >= 11 is 0. The Hall–Kier alpha value is -2.84. The normalized spacial score (nSPS) is 17.2. The highest BCUT2D eigenvalue weighted by atomic mass is 28.3. The molecule has 3 amide bonds. The first kappa shape index (κ1) is 22.8. The Labute approximate surface area is 184 Å². The van der Waals surface area contributed by atoms with Crippen LogP contribution in [0, 0.1) is 0 Å². The maximum absolute atomic E-state index is 13.1. The molecular formula is C23H31N3O4Si. The topological polar surface area (TPSA) is 90.9 Å². The summed E-state index contributed by atoms with van der Waals surface area (Å²) in [6, 6.07) is 13.7. The summed E-state index contributed by atoms with van der Waals surface area (Å²) in [6.45, 7) is 7.53. The van der Waals surface area contributed by atoms with Crippen LogP contribution in [-0.2, 0) is 4.79 Å². The van der Waals surface area contributed by atoms with Gasteiger partial charge in [-0.05, 0) is 36.2 Å². The molecule has 0 aliphatic carbocycles. The Morgan fingerprint density at radius 2 is 1.74 bits per heavy atom. The molecule has 0 bridgehead atoms. The van der Waals surface area contributed by atoms with Gasteiger partial charge in [0.25, 0.3) is 5.91 Å². The number of urea groups is 1. The Bertz CT molecular complexity index is 910. The molecule has 0 saturated carbocycles. The molecule has 2 aromatic rings. The third-order valence-electron chi connectivity index (χ3n) is 5.45. The molecule has 1 aliphatic heterocycles. The van der Waals surface area contributed by atoms with Crippen molar-refractivity contribution in [3.63, 3.8) is 0 Å². The summed E-state index contributed by atoms with van der Waals surface area (Å²) in [5.41, 5.74) is 1.32. The van der Waals surface area contributed by atoms with E-state index in [0.717, 1.165) is 0 Å². The zero-order valence-electron chi connectivity index (χ0n) is 18.5. The number of carbonyl (C=O) groups excluding carboxylic acids is 2. The first-order valence-electron chi connectivity index (χ1n) is 10.5. The zero-order valence-corrected chi connectivity index (χ0v) is 19.5. The van der Waals surface area contributed by atoms with E-state index in [0.29, 0.717) is 30.0 Å². The number of hydrogen-bond donors (Lipinski definition) is 3. The number of likely N-dealkylation sites (tertiary alicyclic amines) is 1. The number of benzene rings is 2. The van der Waals surface area contributed by atoms with Gasteiger partial charge in [0, 0.05) is 18.8 Å². The number of rotatable bonds is 6. The van der Waals surface area contributed by atoms with Crippen LogP contribution < -0.4 is 20.6 Å². The average Bonchev–Trinajstić information content (AvgIpc) is 3.18. The highest BCUT2D eigenvalue weighted by Crippen LogP contribution is 2.21. The number of carbonyl (C=O) groups is 2. The lowest BCUT2D eigenvalue weighted by molar-refractivity contribution is -0.118. The van der Waals surface area contributed by atoms with Crippen molar-refractivity contribution < 1.29 is 19.4 Å². The lowest BCUT2D eigenvalue weighted by atomic mass is 10.1. The molecular weight excluding hydrogens is 410 g/mol. The van der Waals surface area contributed by atoms with Crippen molar-refractivity contribution in [2.45, 2.75) is 38.2 Å². The van der Waals surface area contributed by atoms with Gasteiger partial charge in [-0.25, -0.2) is 4.79 Å². The molecule has 166 valence electrons. The number of aliphatic hydroxyl groups is 1. The second kappa shape index (κ2) is 9.53. The van der Waals surface area contributed by atoms with Crippen LogP contribution >= 0.6 is 0 Å². The van der Waals surface area contributed by atoms with Gasteiger partial charge in [0.2, 0.25) is 0 Å². The van der Waals surface area contributed by atoms with Gasteiger partial charge in [-0.2, -0.15) is 0 Å². The first-order chi connectivity index (χ1) is 14.7. The molecule has 8 heteroatoms. The lowest BCUT2D eigenvalue weighted by Gasteiger charge is -2.23. The van der Waals surface area contributed by atoms with Crippen molar-refractivity contribution in [2.75, 3.05) is 25.5 Å². The summed E-state index contributed by atoms with van der Waals surface area (Å²) < 4.78 is 5.20. The number of β-amino-alcohol motifs (C(OH)–C–C–N with tert-alkyl or cyclic N) is 1. The molecule has 2 aromatic carbocycles. The minimum Gasteiger partial charge on any atom is -0.497 e. The van der Waals surface area contributed by atoms with Gasteiger partial charge in [0.1, 0.15) is 11.8 Å². The van der Waals surface area contributed by atoms with Gasteiger partial charge in [-0.1, -0.05) is 49.1 Å². The Balaban J connectivity index is 1.78. The fourth-order valence-electron chi connectivity index (χ4n) is 3.51. The predicted octanol–water partition coefficient (Wildman–Crippen LogP) is 2.70. The van der Waals surface area contributed by atoms with Crippen molar-refractivity contribution in [3.05, 3.63) is 54.1 Å². The van der Waals surface area contributed by atoms with Gasteiger partial charge >= 0.3 is 6.03 Å². The van der Waals surface area contributed by atoms with Crippen LogP contribution in [0.15, 0.2) is 48.5 Å². The van der Waals surface area contributed by atoms with Crippen molar-refractivity contribution >= 4 is 30.9 Å². The molecule has 3 N–H and O–H groups in total. The summed E-state index contributed by atoms with van der Waals surface area (Å²) in [7, 11) is 0.143. The highest BCUT2D eigenvalue weighted by molar-refractivity contribution is 6.88. The van der Waals surface area contributed by atoms with E-state index in [9.17, 15) is 14.7 Å². The van der Waals surface area contributed by atoms with Crippen molar-refractivity contribution in [2.24, 2.45) is 0 Å². The predicted molar refractivity (Wildman–Crippen MR) is 125 cm³/mol. The fraction of sp³-hybridized carbons (Fsp3) is 0.391. The van der Waals surface area contributed by atoms with Gasteiger partial charge in [0.15, 0.2) is 0 Å². The van der Waals surface area contributed by atoms with Gasteiger partial charge in [-0.15, -0.1) is 0 Å². The maximum atomic E-state index is 13.1. The molecule has 31 heavy (non-hydrogen) atoms. The molecule has 1 aliphatic rings. The lowest BCUT2D eigenvalue weighted by Crippen LogP contribution is -2.44. The van der Waals surface area contributed by atoms with Crippen LogP contribution in [0.2, 0.25) is 19.6 Å². The number of ether oxygens (including phenoxy) is 1. The minimum absolute atomic E-state index is 0.265. The molecule has 3 rings (SSSR count). The van der Waals surface area contributed by atoms with Gasteiger partial charge in [-0.3, -0.25) is 4.79 Å². The Kier molecular flexibility index (Phi) is 7.02. The van der Waals surface area contributed by atoms with E-state index in [1.165, 1.54) is 10.1 Å². The number of nitrogens with zero attached hydrogens (tertiary/aromatic N) is 1. The number of hydrogen-bond acceptors (Lipinski definition) is 4. The molecule has 0 radical (unpaired) electrons. The van der Waals surface area contributed by atoms with E-state index in [1.54, 1.807) is 31.4 Å². The van der Waals surface area contributed by atoms with E-state index < -0.39 is 20.2 Å². The van der Waals surface area contributed by atoms with E-state index in [1.807, 2.05) is 12.1 Å². The summed E-state index contributed by atoms with van der Waals surface area (Å²) in [5.74, 6) is 0.331. The smallest absolute Gasteiger partial charge is 0.318 e. The molecule has 1 unspecified atom stereocenters. The molecule has 1 saturated heterocycles. The monoisotopic (exact) mass is 441 g/mol. The molecule has 1 heterocycles. The average molecular weight is 442 g/mol. The summed E-state index contributed by atoms with van der Waals surface area (Å²) in [4.78, 5) is 27.4. The van der Waals surface area contributed by atoms with Crippen LogP contribution in [0.25, 0.3) is 0 Å². The molecule has 7 nitrogen and oxygen atoms in total. The molecule has 0 spiro atoms.